The third-order valence-electron chi connectivity index (χ3n) is 6.98. The van der Waals surface area contributed by atoms with Crippen molar-refractivity contribution in [3.05, 3.63) is 89.2 Å². The van der Waals surface area contributed by atoms with Gasteiger partial charge >= 0.3 is 5.97 Å². The number of piperidine rings is 1. The molecule has 0 spiro atoms. The highest BCUT2D eigenvalue weighted by Gasteiger charge is 2.36. The van der Waals surface area contributed by atoms with Crippen LogP contribution in [0.25, 0.3) is 11.1 Å². The zero-order chi connectivity index (χ0) is 26.5. The predicted molar refractivity (Wildman–Crippen MR) is 142 cm³/mol. The summed E-state index contributed by atoms with van der Waals surface area (Å²) >= 11 is 0. The van der Waals surface area contributed by atoms with Crippen molar-refractivity contribution in [3.8, 4) is 11.1 Å². The maximum atomic E-state index is 13.8. The number of hydrogen-bond acceptors (Lipinski definition) is 4. The summed E-state index contributed by atoms with van der Waals surface area (Å²) in [5.74, 6) is -1.25. The van der Waals surface area contributed by atoms with Gasteiger partial charge in [-0.25, -0.2) is 0 Å². The van der Waals surface area contributed by atoms with Crippen LogP contribution in [0.3, 0.4) is 0 Å². The van der Waals surface area contributed by atoms with Gasteiger partial charge in [0, 0.05) is 30.9 Å². The van der Waals surface area contributed by atoms with Gasteiger partial charge in [0.1, 0.15) is 6.04 Å². The third kappa shape index (κ3) is 6.05. The first kappa shape index (κ1) is 26.1. The van der Waals surface area contributed by atoms with Gasteiger partial charge in [0.25, 0.3) is 0 Å². The quantitative estimate of drug-likeness (QED) is 0.455. The summed E-state index contributed by atoms with van der Waals surface area (Å²) in [7, 11) is 0. The number of hydrogen-bond donors (Lipinski definition) is 2. The molecular weight excluding hydrogens is 466 g/mol. The standard InChI is InChI=1S/C30H33N3O4/c1-19-12-13-26(34)33(18-19)29(22-10-5-4-6-11-22)30(37)32-25(15-27(35)36)23-14-24(17-31-16-23)28-20(2)8-7-9-21(28)3/h4-11,14,16-17,19,25,29H,12-13,15,18H2,1-3H3,(H,32,37)(H,35,36)/t19-,25-,29+/m0/s1. The second-order valence-electron chi connectivity index (χ2n) is 9.94. The van der Waals surface area contributed by atoms with E-state index in [4.69, 9.17) is 0 Å². The highest BCUT2D eigenvalue weighted by Crippen LogP contribution is 2.31. The molecular formula is C30H33N3O4. The van der Waals surface area contributed by atoms with Gasteiger partial charge in [-0.05, 0) is 60.1 Å². The summed E-state index contributed by atoms with van der Waals surface area (Å²) in [5, 5.41) is 12.6. The highest BCUT2D eigenvalue weighted by atomic mass is 16.4. The van der Waals surface area contributed by atoms with Crippen LogP contribution in [0.2, 0.25) is 0 Å². The van der Waals surface area contributed by atoms with E-state index in [1.165, 1.54) is 0 Å². The lowest BCUT2D eigenvalue weighted by atomic mass is 9.93. The number of nitrogens with one attached hydrogen (secondary N) is 1. The lowest BCUT2D eigenvalue weighted by molar-refractivity contribution is -0.145. The average molecular weight is 500 g/mol. The minimum Gasteiger partial charge on any atom is -0.481 e. The monoisotopic (exact) mass is 499 g/mol. The van der Waals surface area contributed by atoms with Gasteiger partial charge in [0.2, 0.25) is 11.8 Å². The third-order valence-corrected chi connectivity index (χ3v) is 6.98. The molecule has 37 heavy (non-hydrogen) atoms. The first-order valence-corrected chi connectivity index (χ1v) is 12.6. The Labute approximate surface area is 217 Å². The zero-order valence-corrected chi connectivity index (χ0v) is 21.5. The molecule has 3 atom stereocenters. The van der Waals surface area contributed by atoms with Gasteiger partial charge in [0.15, 0.2) is 0 Å². The Morgan fingerprint density at radius 2 is 1.76 bits per heavy atom. The number of benzene rings is 2. The Kier molecular flexibility index (Phi) is 8.01. The van der Waals surface area contributed by atoms with Gasteiger partial charge in [-0.3, -0.25) is 19.4 Å². The van der Waals surface area contributed by atoms with Crippen LogP contribution in [0, 0.1) is 19.8 Å². The van der Waals surface area contributed by atoms with Crippen molar-refractivity contribution in [1.29, 1.82) is 0 Å². The Bertz CT molecular complexity index is 1270. The number of carbonyl (C=O) groups excluding carboxylic acids is 2. The summed E-state index contributed by atoms with van der Waals surface area (Å²) in [4.78, 5) is 44.5. The number of pyridine rings is 1. The van der Waals surface area contributed by atoms with E-state index in [9.17, 15) is 19.5 Å². The Morgan fingerprint density at radius 3 is 2.43 bits per heavy atom. The van der Waals surface area contributed by atoms with Crippen LogP contribution in [-0.2, 0) is 14.4 Å². The Morgan fingerprint density at radius 1 is 1.05 bits per heavy atom. The van der Waals surface area contributed by atoms with E-state index in [2.05, 4.69) is 17.2 Å². The summed E-state index contributed by atoms with van der Waals surface area (Å²) in [6.07, 6.45) is 4.21. The predicted octanol–water partition coefficient (Wildman–Crippen LogP) is 5.00. The fourth-order valence-electron chi connectivity index (χ4n) is 5.13. The van der Waals surface area contributed by atoms with Gasteiger partial charge < -0.3 is 15.3 Å². The lowest BCUT2D eigenvalue weighted by Gasteiger charge is -2.37. The molecule has 2 aromatic carbocycles. The van der Waals surface area contributed by atoms with Crippen LogP contribution in [0.5, 0.6) is 0 Å². The minimum absolute atomic E-state index is 0.0735. The van der Waals surface area contributed by atoms with Crippen molar-refractivity contribution in [2.24, 2.45) is 5.92 Å². The van der Waals surface area contributed by atoms with E-state index in [0.717, 1.165) is 28.7 Å². The molecule has 1 aliphatic heterocycles. The Balaban J connectivity index is 1.69. The van der Waals surface area contributed by atoms with Crippen molar-refractivity contribution in [3.63, 3.8) is 0 Å². The van der Waals surface area contributed by atoms with Gasteiger partial charge in [-0.2, -0.15) is 0 Å². The van der Waals surface area contributed by atoms with E-state index in [0.29, 0.717) is 24.1 Å². The summed E-state index contributed by atoms with van der Waals surface area (Å²) in [6.45, 7) is 6.58. The maximum Gasteiger partial charge on any atom is 0.305 e. The number of rotatable bonds is 8. The first-order chi connectivity index (χ1) is 17.7. The van der Waals surface area contributed by atoms with Crippen LogP contribution < -0.4 is 5.32 Å². The van der Waals surface area contributed by atoms with Crippen LogP contribution in [0.4, 0.5) is 0 Å². The van der Waals surface area contributed by atoms with Crippen molar-refractivity contribution >= 4 is 17.8 Å². The molecule has 0 bridgehead atoms. The molecule has 2 N–H and O–H groups in total. The smallest absolute Gasteiger partial charge is 0.305 e. The van der Waals surface area contributed by atoms with Crippen LogP contribution in [-0.4, -0.2) is 39.3 Å². The zero-order valence-electron chi connectivity index (χ0n) is 21.5. The van der Waals surface area contributed by atoms with E-state index in [1.54, 1.807) is 17.3 Å². The molecule has 0 aliphatic carbocycles. The fourth-order valence-corrected chi connectivity index (χ4v) is 5.13. The summed E-state index contributed by atoms with van der Waals surface area (Å²) in [6, 6.07) is 15.4. The summed E-state index contributed by atoms with van der Waals surface area (Å²) < 4.78 is 0. The number of aromatic nitrogens is 1. The topological polar surface area (TPSA) is 99.6 Å². The lowest BCUT2D eigenvalue weighted by Crippen LogP contribution is -2.48. The second kappa shape index (κ2) is 11.4. The van der Waals surface area contributed by atoms with Gasteiger partial charge in [0.05, 0.1) is 12.5 Å². The number of carbonyl (C=O) groups is 3. The number of aliphatic carboxylic acids is 1. The number of carboxylic acid groups (broad SMARTS) is 1. The van der Waals surface area contributed by atoms with E-state index >= 15 is 0 Å². The maximum absolute atomic E-state index is 13.8. The van der Waals surface area contributed by atoms with Gasteiger partial charge in [-0.15, -0.1) is 0 Å². The molecule has 7 heteroatoms. The molecule has 2 amide bonds. The molecule has 1 fully saturated rings. The molecule has 1 aromatic heterocycles. The van der Waals surface area contributed by atoms with E-state index in [-0.39, 0.29) is 18.2 Å². The van der Waals surface area contributed by atoms with Crippen molar-refractivity contribution in [1.82, 2.24) is 15.2 Å². The summed E-state index contributed by atoms with van der Waals surface area (Å²) in [5.41, 5.74) is 5.35. The van der Waals surface area contributed by atoms with E-state index in [1.807, 2.05) is 68.4 Å². The SMILES string of the molecule is Cc1cccc(C)c1-c1cncc([C@H](CC(=O)O)NC(=O)[C@@H](c2ccccc2)N2C[C@@H](C)CCC2=O)c1. The van der Waals surface area contributed by atoms with E-state index < -0.39 is 24.0 Å². The molecule has 4 rings (SSSR count). The number of aryl methyl sites for hydroxylation is 2. The van der Waals surface area contributed by atoms with Crippen molar-refractivity contribution < 1.29 is 19.5 Å². The molecule has 1 saturated heterocycles. The number of carboxylic acids is 1. The number of likely N-dealkylation sites (tertiary alicyclic amines) is 1. The van der Waals surface area contributed by atoms with Crippen molar-refractivity contribution in [2.75, 3.05) is 6.54 Å². The molecule has 0 radical (unpaired) electrons. The molecule has 192 valence electrons. The molecule has 7 nitrogen and oxygen atoms in total. The molecule has 0 unspecified atom stereocenters. The highest BCUT2D eigenvalue weighted by molar-refractivity contribution is 5.89. The van der Waals surface area contributed by atoms with Crippen LogP contribution in [0.15, 0.2) is 67.0 Å². The van der Waals surface area contributed by atoms with Crippen molar-refractivity contribution in [2.45, 2.75) is 52.1 Å². The fraction of sp³-hybridized carbons (Fsp3) is 0.333. The largest absolute Gasteiger partial charge is 0.481 e. The Hall–Kier alpha value is -4.00. The number of amides is 2. The average Bonchev–Trinajstić information content (AvgIpc) is 2.86. The van der Waals surface area contributed by atoms with Crippen LogP contribution >= 0.6 is 0 Å². The minimum atomic E-state index is -1.04. The normalized spacial score (nSPS) is 17.2. The van der Waals surface area contributed by atoms with Crippen LogP contribution in [0.1, 0.15) is 60.5 Å². The molecule has 3 aromatic rings. The second-order valence-corrected chi connectivity index (χ2v) is 9.94. The van der Waals surface area contributed by atoms with Gasteiger partial charge in [-0.1, -0.05) is 55.5 Å². The molecule has 2 heterocycles. The molecule has 1 aliphatic rings. The molecule has 0 saturated carbocycles. The first-order valence-electron chi connectivity index (χ1n) is 12.6. The number of nitrogens with zero attached hydrogens (tertiary/aromatic N) is 2.